The van der Waals surface area contributed by atoms with E-state index in [-0.39, 0.29) is 41.8 Å². The number of aryl methyl sites for hydroxylation is 3. The fourth-order valence-electron chi connectivity index (χ4n) is 9.62. The van der Waals surface area contributed by atoms with E-state index in [0.717, 1.165) is 65.5 Å². The molecule has 5 heterocycles. The minimum absolute atomic E-state index is 0.143. The summed E-state index contributed by atoms with van der Waals surface area (Å²) in [4.78, 5) is 23.7. The highest BCUT2D eigenvalue weighted by atomic mass is 35.5. The van der Waals surface area contributed by atoms with Crippen LogP contribution in [0.4, 0.5) is 4.39 Å². The van der Waals surface area contributed by atoms with Crippen LogP contribution in [0.15, 0.2) is 36.7 Å². The van der Waals surface area contributed by atoms with Crippen molar-refractivity contribution >= 4 is 17.5 Å². The average Bonchev–Trinajstić information content (AvgIpc) is 3.88. The number of nitrogens with zero attached hydrogens (tertiary/aromatic N) is 5. The predicted octanol–water partition coefficient (Wildman–Crippen LogP) is 6.13. The number of morpholine rings is 1. The Balaban J connectivity index is 1.06. The molecule has 5 aliphatic rings. The molecule has 2 aromatic carbocycles. The maximum atomic E-state index is 15.5. The summed E-state index contributed by atoms with van der Waals surface area (Å²) in [6, 6.07) is 10.4. The molecule has 4 aliphatic heterocycles. The molecule has 0 radical (unpaired) electrons. The summed E-state index contributed by atoms with van der Waals surface area (Å²) in [5, 5.41) is 5.07. The number of piperidine rings is 1. The van der Waals surface area contributed by atoms with Crippen molar-refractivity contribution in [3.63, 3.8) is 0 Å². The van der Waals surface area contributed by atoms with Gasteiger partial charge in [0.1, 0.15) is 18.0 Å². The third-order valence-corrected chi connectivity index (χ3v) is 12.5. The van der Waals surface area contributed by atoms with Crippen molar-refractivity contribution in [2.24, 2.45) is 13.0 Å². The van der Waals surface area contributed by atoms with Gasteiger partial charge in [-0.05, 0) is 106 Å². The van der Waals surface area contributed by atoms with Crippen LogP contribution in [0.1, 0.15) is 91.6 Å². The lowest BCUT2D eigenvalue weighted by Crippen LogP contribution is -2.48. The first kappa shape index (κ1) is 31.4. The Morgan fingerprint density at radius 1 is 1.06 bits per heavy atom. The van der Waals surface area contributed by atoms with E-state index in [9.17, 15) is 4.79 Å². The topological polar surface area (TPSA) is 72.7 Å². The Bertz CT molecular complexity index is 1720. The van der Waals surface area contributed by atoms with Gasteiger partial charge in [0.25, 0.3) is 0 Å². The Morgan fingerprint density at radius 3 is 2.51 bits per heavy atom. The quantitative estimate of drug-likeness (QED) is 0.328. The van der Waals surface area contributed by atoms with Gasteiger partial charge < -0.3 is 14.4 Å². The smallest absolute Gasteiger partial charge is 0.226 e. The Morgan fingerprint density at radius 2 is 1.85 bits per heavy atom. The Labute approximate surface area is 281 Å². The van der Waals surface area contributed by atoms with Gasteiger partial charge >= 0.3 is 0 Å². The van der Waals surface area contributed by atoms with Gasteiger partial charge in [-0.3, -0.25) is 14.4 Å². The van der Waals surface area contributed by atoms with Gasteiger partial charge in [-0.1, -0.05) is 29.8 Å². The third kappa shape index (κ3) is 5.06. The van der Waals surface area contributed by atoms with Crippen LogP contribution < -0.4 is 0 Å². The second-order valence-electron chi connectivity index (χ2n) is 15.3. The van der Waals surface area contributed by atoms with E-state index < -0.39 is 11.0 Å². The number of hydrogen-bond acceptors (Lipinski definition) is 6. The lowest BCUT2D eigenvalue weighted by atomic mass is 9.78. The highest BCUT2D eigenvalue weighted by molar-refractivity contribution is 6.31. The molecule has 1 amide bonds. The minimum Gasteiger partial charge on any atom is -0.375 e. The zero-order valence-electron chi connectivity index (χ0n) is 28.0. The SMILES string of the molecule is Cc1ccc([C@@H]2C[C@@H](N3C[C@H]4C[C@@H]3CO4)C[C@H]2C(=O)N2CCC3(CC2)O[C@H](C(C)(C)c2ncnn2C)c2cc(C)c(Cl)cc23)c(F)c1. The predicted molar refractivity (Wildman–Crippen MR) is 177 cm³/mol. The van der Waals surface area contributed by atoms with E-state index in [0.29, 0.717) is 37.5 Å². The molecule has 1 aromatic heterocycles. The van der Waals surface area contributed by atoms with Gasteiger partial charge in [0.2, 0.25) is 5.91 Å². The zero-order valence-corrected chi connectivity index (χ0v) is 28.8. The molecule has 3 aromatic rings. The van der Waals surface area contributed by atoms with Crippen LogP contribution in [0.2, 0.25) is 5.02 Å². The zero-order chi connectivity index (χ0) is 32.8. The molecule has 8 rings (SSSR count). The van der Waals surface area contributed by atoms with E-state index in [4.69, 9.17) is 21.1 Å². The molecular formula is C37H45ClFN5O3. The highest BCUT2D eigenvalue weighted by Crippen LogP contribution is 2.56. The summed E-state index contributed by atoms with van der Waals surface area (Å²) < 4.78 is 30.4. The first-order valence-corrected chi connectivity index (χ1v) is 17.6. The van der Waals surface area contributed by atoms with E-state index in [1.165, 1.54) is 0 Å². The van der Waals surface area contributed by atoms with Crippen LogP contribution in [-0.2, 0) is 32.3 Å². The summed E-state index contributed by atoms with van der Waals surface area (Å²) in [6.45, 7) is 11.1. The maximum absolute atomic E-state index is 15.5. The number of fused-ring (bicyclic) bond motifs is 4. The van der Waals surface area contributed by atoms with Crippen LogP contribution in [0, 0.1) is 25.6 Å². The first-order valence-electron chi connectivity index (χ1n) is 17.2. The second-order valence-corrected chi connectivity index (χ2v) is 15.7. The number of hydrogen-bond donors (Lipinski definition) is 0. The average molecular weight is 662 g/mol. The lowest BCUT2D eigenvalue weighted by Gasteiger charge is -2.42. The van der Waals surface area contributed by atoms with E-state index in [1.54, 1.807) is 12.4 Å². The minimum atomic E-state index is -0.556. The molecule has 2 bridgehead atoms. The van der Waals surface area contributed by atoms with Gasteiger partial charge in [-0.2, -0.15) is 5.10 Å². The first-order chi connectivity index (χ1) is 22.4. The van der Waals surface area contributed by atoms with E-state index in [1.807, 2.05) is 42.6 Å². The third-order valence-electron chi connectivity index (χ3n) is 12.1. The number of halogens is 2. The van der Waals surface area contributed by atoms with E-state index >= 15 is 4.39 Å². The summed E-state index contributed by atoms with van der Waals surface area (Å²) in [6.07, 6.45) is 5.58. The van der Waals surface area contributed by atoms with E-state index in [2.05, 4.69) is 41.0 Å². The van der Waals surface area contributed by atoms with Crippen LogP contribution >= 0.6 is 11.6 Å². The van der Waals surface area contributed by atoms with Crippen LogP contribution in [0.5, 0.6) is 0 Å². The molecule has 1 spiro atoms. The molecule has 8 nitrogen and oxygen atoms in total. The molecular weight excluding hydrogens is 617 g/mol. The standard InChI is InChI=1S/C37H45ClFN5O3/c1-21-6-7-26(32(39)12-21)27-15-23(44-18-25-14-24(44)19-46-25)16-28(27)34(45)43-10-8-37(9-11-43)30-17-31(38)22(2)13-29(30)33(47-37)36(3,4)35-40-20-41-42(35)5/h6-7,12-13,17,20,23-25,27-28,33H,8-11,14-16,18-19H2,1-5H3/t23-,24-,25-,27+,28-,33+/m1/s1. The number of carbonyl (C=O) groups excluding carboxylic acids is 1. The van der Waals surface area contributed by atoms with Gasteiger partial charge in [0.15, 0.2) is 0 Å². The summed E-state index contributed by atoms with van der Waals surface area (Å²) in [7, 11) is 1.91. The van der Waals surface area contributed by atoms with Crippen molar-refractivity contribution in [1.29, 1.82) is 0 Å². The monoisotopic (exact) mass is 661 g/mol. The maximum Gasteiger partial charge on any atom is 0.226 e. The van der Waals surface area contributed by atoms with Gasteiger partial charge in [0.05, 0.1) is 29.8 Å². The number of aromatic nitrogens is 3. The Kier molecular flexibility index (Phi) is 7.59. The largest absolute Gasteiger partial charge is 0.375 e. The molecule has 47 heavy (non-hydrogen) atoms. The summed E-state index contributed by atoms with van der Waals surface area (Å²) in [5.74, 6) is 0.392. The summed E-state index contributed by atoms with van der Waals surface area (Å²) >= 11 is 6.75. The molecule has 4 fully saturated rings. The van der Waals surface area contributed by atoms with Crippen LogP contribution in [0.3, 0.4) is 0 Å². The van der Waals surface area contributed by atoms with Crippen molar-refractivity contribution in [3.05, 3.63) is 81.1 Å². The fraction of sp³-hybridized carbons (Fsp3) is 0.595. The molecule has 3 saturated heterocycles. The number of rotatable bonds is 5. The fourth-order valence-corrected chi connectivity index (χ4v) is 9.78. The number of likely N-dealkylation sites (tertiary alicyclic amines) is 2. The van der Waals surface area contributed by atoms with Gasteiger partial charge in [-0.25, -0.2) is 9.37 Å². The number of benzene rings is 2. The number of amides is 1. The van der Waals surface area contributed by atoms with Gasteiger partial charge in [-0.15, -0.1) is 0 Å². The molecule has 0 unspecified atom stereocenters. The van der Waals surface area contributed by atoms with Crippen LogP contribution in [0.25, 0.3) is 0 Å². The molecule has 10 heteroatoms. The normalized spacial score (nSPS) is 30.1. The Hall–Kier alpha value is -2.85. The molecule has 6 atom stereocenters. The highest BCUT2D eigenvalue weighted by Gasteiger charge is 2.54. The van der Waals surface area contributed by atoms with Gasteiger partial charge in [0, 0.05) is 49.7 Å². The lowest BCUT2D eigenvalue weighted by molar-refractivity contribution is -0.151. The van der Waals surface area contributed by atoms with Crippen molar-refractivity contribution in [2.75, 3.05) is 26.2 Å². The van der Waals surface area contributed by atoms with Crippen molar-refractivity contribution in [2.45, 2.75) is 101 Å². The molecule has 1 aliphatic carbocycles. The molecule has 0 N–H and O–H groups in total. The summed E-state index contributed by atoms with van der Waals surface area (Å²) in [5.41, 5.74) is 3.83. The van der Waals surface area contributed by atoms with Crippen LogP contribution in [-0.4, -0.2) is 74.9 Å². The van der Waals surface area contributed by atoms with Crippen molar-refractivity contribution < 1.29 is 18.7 Å². The molecule has 250 valence electrons. The number of carbonyl (C=O) groups is 1. The second kappa shape index (κ2) is 11.4. The number of ether oxygens (including phenoxy) is 2. The molecule has 1 saturated carbocycles. The van der Waals surface area contributed by atoms with Crippen molar-refractivity contribution in [3.8, 4) is 0 Å². The van der Waals surface area contributed by atoms with Crippen molar-refractivity contribution in [1.82, 2.24) is 24.6 Å².